The standard InChI is InChI=1S/C17H17ClN2O4S/c18-10-3-4-12-13(8-10)19-17(25-14-5-7-24-16(14)22)20(15(12)21)9-11-2-1-6-23-11/h3-4,8,11,14H,1-2,5-7,9H2/t11-,14-/m0/s1. The van der Waals surface area contributed by atoms with Crippen LogP contribution in [0.2, 0.25) is 5.02 Å². The molecule has 3 heterocycles. The van der Waals surface area contributed by atoms with E-state index in [0.717, 1.165) is 12.8 Å². The molecule has 0 radical (unpaired) electrons. The predicted octanol–water partition coefficient (Wildman–Crippen LogP) is 2.64. The minimum absolute atomic E-state index is 0.000806. The molecule has 0 amide bonds. The smallest absolute Gasteiger partial charge is 0.319 e. The monoisotopic (exact) mass is 380 g/mol. The number of ether oxygens (including phenoxy) is 2. The van der Waals surface area contributed by atoms with Crippen molar-refractivity contribution in [3.05, 3.63) is 33.6 Å². The molecule has 8 heteroatoms. The van der Waals surface area contributed by atoms with Crippen LogP contribution in [0, 0.1) is 0 Å². The fourth-order valence-corrected chi connectivity index (χ4v) is 4.36. The van der Waals surface area contributed by atoms with E-state index in [1.807, 2.05) is 0 Å². The molecule has 2 aromatic rings. The first-order valence-electron chi connectivity index (χ1n) is 8.27. The van der Waals surface area contributed by atoms with Crippen LogP contribution in [0.5, 0.6) is 0 Å². The number of fused-ring (bicyclic) bond motifs is 1. The van der Waals surface area contributed by atoms with E-state index in [1.165, 1.54) is 11.8 Å². The zero-order chi connectivity index (χ0) is 17.4. The maximum Gasteiger partial charge on any atom is 0.319 e. The molecule has 0 bridgehead atoms. The lowest BCUT2D eigenvalue weighted by Gasteiger charge is -2.17. The van der Waals surface area contributed by atoms with E-state index < -0.39 is 0 Å². The highest BCUT2D eigenvalue weighted by atomic mass is 35.5. The molecular formula is C17H17ClN2O4S. The van der Waals surface area contributed by atoms with Gasteiger partial charge in [0.1, 0.15) is 5.25 Å². The maximum absolute atomic E-state index is 13.0. The second-order valence-corrected chi connectivity index (χ2v) is 7.78. The largest absolute Gasteiger partial charge is 0.465 e. The highest BCUT2D eigenvalue weighted by Gasteiger charge is 2.30. The van der Waals surface area contributed by atoms with Gasteiger partial charge in [0.25, 0.3) is 5.56 Å². The molecule has 2 aliphatic rings. The van der Waals surface area contributed by atoms with Gasteiger partial charge in [0.05, 0.1) is 30.2 Å². The quantitative estimate of drug-likeness (QED) is 0.600. The van der Waals surface area contributed by atoms with Crippen LogP contribution in [0.15, 0.2) is 28.2 Å². The van der Waals surface area contributed by atoms with E-state index in [9.17, 15) is 9.59 Å². The van der Waals surface area contributed by atoms with Gasteiger partial charge in [-0.05, 0) is 31.0 Å². The fraction of sp³-hybridized carbons (Fsp3) is 0.471. The molecule has 2 aliphatic heterocycles. The van der Waals surface area contributed by atoms with Crippen LogP contribution in [0.3, 0.4) is 0 Å². The van der Waals surface area contributed by atoms with Gasteiger partial charge in [0.2, 0.25) is 0 Å². The first-order valence-corrected chi connectivity index (χ1v) is 9.52. The minimum Gasteiger partial charge on any atom is -0.465 e. The maximum atomic E-state index is 13.0. The molecule has 2 fully saturated rings. The van der Waals surface area contributed by atoms with Crippen molar-refractivity contribution in [2.45, 2.75) is 42.3 Å². The first-order chi connectivity index (χ1) is 12.1. The van der Waals surface area contributed by atoms with Gasteiger partial charge in [-0.1, -0.05) is 23.4 Å². The Labute approximate surface area is 153 Å². The number of hydrogen-bond acceptors (Lipinski definition) is 6. The van der Waals surface area contributed by atoms with Crippen molar-refractivity contribution in [2.24, 2.45) is 0 Å². The summed E-state index contributed by atoms with van der Waals surface area (Å²) in [6.45, 7) is 1.56. The normalized spacial score (nSPS) is 23.3. The number of carbonyl (C=O) groups is 1. The third kappa shape index (κ3) is 3.41. The number of halogens is 1. The Kier molecular flexibility index (Phi) is 4.71. The lowest BCUT2D eigenvalue weighted by Crippen LogP contribution is -2.29. The number of aromatic nitrogens is 2. The van der Waals surface area contributed by atoms with E-state index in [4.69, 9.17) is 21.1 Å². The molecule has 2 atom stereocenters. The molecule has 132 valence electrons. The third-order valence-electron chi connectivity index (χ3n) is 4.43. The van der Waals surface area contributed by atoms with Gasteiger partial charge < -0.3 is 9.47 Å². The topological polar surface area (TPSA) is 70.4 Å². The second kappa shape index (κ2) is 6.97. The van der Waals surface area contributed by atoms with Crippen LogP contribution in [0.4, 0.5) is 0 Å². The summed E-state index contributed by atoms with van der Waals surface area (Å²) in [5, 5.41) is 1.21. The number of rotatable bonds is 4. The van der Waals surface area contributed by atoms with Crippen molar-refractivity contribution in [3.63, 3.8) is 0 Å². The second-order valence-electron chi connectivity index (χ2n) is 6.17. The molecular weight excluding hydrogens is 364 g/mol. The Morgan fingerprint density at radius 2 is 2.16 bits per heavy atom. The van der Waals surface area contributed by atoms with Crippen LogP contribution in [0.25, 0.3) is 10.9 Å². The molecule has 6 nitrogen and oxygen atoms in total. The Bertz CT molecular complexity index is 879. The van der Waals surface area contributed by atoms with Crippen molar-refractivity contribution in [2.75, 3.05) is 13.2 Å². The van der Waals surface area contributed by atoms with Crippen LogP contribution in [-0.2, 0) is 20.8 Å². The fourth-order valence-electron chi connectivity index (χ4n) is 3.13. The lowest BCUT2D eigenvalue weighted by molar-refractivity contribution is -0.137. The molecule has 0 saturated carbocycles. The Morgan fingerprint density at radius 3 is 2.88 bits per heavy atom. The number of cyclic esters (lactones) is 1. The Hall–Kier alpha value is -1.57. The molecule has 0 unspecified atom stereocenters. The molecule has 0 N–H and O–H groups in total. The van der Waals surface area contributed by atoms with Crippen LogP contribution in [-0.4, -0.2) is 40.1 Å². The minimum atomic E-state index is -0.334. The SMILES string of the molecule is O=C1OCC[C@@H]1Sc1nc2cc(Cl)ccc2c(=O)n1C[C@@H]1CCCO1. The van der Waals surface area contributed by atoms with Gasteiger partial charge >= 0.3 is 5.97 Å². The summed E-state index contributed by atoms with van der Waals surface area (Å²) in [6.07, 6.45) is 2.53. The zero-order valence-corrected chi connectivity index (χ0v) is 15.0. The molecule has 4 rings (SSSR count). The first kappa shape index (κ1) is 16.9. The summed E-state index contributed by atoms with van der Waals surface area (Å²) < 4.78 is 12.3. The number of benzene rings is 1. The van der Waals surface area contributed by atoms with Crippen molar-refractivity contribution in [3.8, 4) is 0 Å². The number of nitrogens with zero attached hydrogens (tertiary/aromatic N) is 2. The Morgan fingerprint density at radius 1 is 1.28 bits per heavy atom. The highest BCUT2D eigenvalue weighted by Crippen LogP contribution is 2.30. The number of carbonyl (C=O) groups excluding carboxylic acids is 1. The van der Waals surface area contributed by atoms with Crippen molar-refractivity contribution in [1.82, 2.24) is 9.55 Å². The molecule has 0 aliphatic carbocycles. The number of esters is 1. The van der Waals surface area contributed by atoms with Crippen molar-refractivity contribution >= 4 is 40.2 Å². The van der Waals surface area contributed by atoms with Gasteiger partial charge in [-0.25, -0.2) is 4.98 Å². The zero-order valence-electron chi connectivity index (χ0n) is 13.4. The molecule has 25 heavy (non-hydrogen) atoms. The van der Waals surface area contributed by atoms with Gasteiger partial charge in [-0.3, -0.25) is 14.2 Å². The lowest BCUT2D eigenvalue weighted by atomic mass is 10.2. The Balaban J connectivity index is 1.78. The van der Waals surface area contributed by atoms with Crippen molar-refractivity contribution < 1.29 is 14.3 Å². The molecule has 0 spiro atoms. The van der Waals surface area contributed by atoms with E-state index in [0.29, 0.717) is 47.3 Å². The van der Waals surface area contributed by atoms with Gasteiger partial charge in [-0.2, -0.15) is 0 Å². The van der Waals surface area contributed by atoms with Gasteiger partial charge in [-0.15, -0.1) is 0 Å². The third-order valence-corrected chi connectivity index (χ3v) is 5.90. The molecule has 1 aromatic carbocycles. The predicted molar refractivity (Wildman–Crippen MR) is 95.2 cm³/mol. The van der Waals surface area contributed by atoms with Gasteiger partial charge in [0, 0.05) is 18.1 Å². The van der Waals surface area contributed by atoms with Gasteiger partial charge in [0.15, 0.2) is 5.16 Å². The van der Waals surface area contributed by atoms with E-state index >= 15 is 0 Å². The molecule has 1 aromatic heterocycles. The summed E-state index contributed by atoms with van der Waals surface area (Å²) in [7, 11) is 0. The summed E-state index contributed by atoms with van der Waals surface area (Å²) in [4.78, 5) is 29.4. The van der Waals surface area contributed by atoms with Crippen LogP contribution < -0.4 is 5.56 Å². The highest BCUT2D eigenvalue weighted by molar-refractivity contribution is 8.00. The van der Waals surface area contributed by atoms with E-state index in [2.05, 4.69) is 4.98 Å². The molecule has 2 saturated heterocycles. The van der Waals surface area contributed by atoms with Crippen molar-refractivity contribution in [1.29, 1.82) is 0 Å². The summed E-state index contributed by atoms with van der Waals surface area (Å²) >= 11 is 7.33. The number of hydrogen-bond donors (Lipinski definition) is 0. The van der Waals surface area contributed by atoms with Crippen LogP contribution >= 0.6 is 23.4 Å². The summed E-state index contributed by atoms with van der Waals surface area (Å²) in [5.74, 6) is -0.255. The summed E-state index contributed by atoms with van der Waals surface area (Å²) in [6, 6.07) is 5.05. The average Bonchev–Trinajstić information content (AvgIpc) is 3.23. The average molecular weight is 381 g/mol. The van der Waals surface area contributed by atoms with Crippen LogP contribution in [0.1, 0.15) is 19.3 Å². The van der Waals surface area contributed by atoms with E-state index in [1.54, 1.807) is 22.8 Å². The van der Waals surface area contributed by atoms with E-state index in [-0.39, 0.29) is 22.9 Å². The number of thioether (sulfide) groups is 1. The summed E-state index contributed by atoms with van der Waals surface area (Å²) in [5.41, 5.74) is 0.404.